The van der Waals surface area contributed by atoms with Gasteiger partial charge >= 0.3 is 0 Å². The molecule has 0 aliphatic carbocycles. The highest BCUT2D eigenvalue weighted by Gasteiger charge is 2.09. The molecule has 4 heteroatoms. The van der Waals surface area contributed by atoms with Gasteiger partial charge in [-0.1, -0.05) is 26.0 Å². The van der Waals surface area contributed by atoms with Crippen molar-refractivity contribution in [3.8, 4) is 0 Å². The van der Waals surface area contributed by atoms with E-state index in [-0.39, 0.29) is 17.8 Å². The van der Waals surface area contributed by atoms with Crippen molar-refractivity contribution < 1.29 is 9.18 Å². The van der Waals surface area contributed by atoms with Gasteiger partial charge in [0.25, 0.3) is 0 Å². The van der Waals surface area contributed by atoms with E-state index in [1.807, 2.05) is 13.8 Å². The smallest absolute Gasteiger partial charge is 0.236 e. The molecule has 0 saturated carbocycles. The highest BCUT2D eigenvalue weighted by Crippen LogP contribution is 2.05. The summed E-state index contributed by atoms with van der Waals surface area (Å²) in [6.45, 7) is 4.81. The third-order valence-corrected chi connectivity index (χ3v) is 2.42. The zero-order valence-electron chi connectivity index (χ0n) is 10.5. The molecule has 0 fully saturated rings. The van der Waals surface area contributed by atoms with Crippen LogP contribution < -0.4 is 5.32 Å². The maximum Gasteiger partial charge on any atom is 0.236 e. The number of hydrogen-bond donors (Lipinski definition) is 1. The quantitative estimate of drug-likeness (QED) is 0.848. The van der Waals surface area contributed by atoms with Crippen LogP contribution in [-0.2, 0) is 11.3 Å². The Labute approximate surface area is 102 Å². The van der Waals surface area contributed by atoms with E-state index in [0.29, 0.717) is 13.1 Å². The van der Waals surface area contributed by atoms with E-state index in [1.54, 1.807) is 24.1 Å². The van der Waals surface area contributed by atoms with Crippen LogP contribution in [0.5, 0.6) is 0 Å². The fraction of sp³-hybridized carbons (Fsp3) is 0.462. The van der Waals surface area contributed by atoms with Crippen molar-refractivity contribution in [1.82, 2.24) is 10.2 Å². The van der Waals surface area contributed by atoms with Crippen molar-refractivity contribution in [2.24, 2.45) is 0 Å². The molecule has 0 atom stereocenters. The zero-order valence-corrected chi connectivity index (χ0v) is 10.5. The van der Waals surface area contributed by atoms with Crippen LogP contribution in [0, 0.1) is 5.82 Å². The lowest BCUT2D eigenvalue weighted by molar-refractivity contribution is -0.129. The van der Waals surface area contributed by atoms with Crippen molar-refractivity contribution in [2.45, 2.75) is 26.4 Å². The molecule has 1 aromatic carbocycles. The number of nitrogens with zero attached hydrogens (tertiary/aromatic N) is 1. The number of rotatable bonds is 5. The molecule has 0 aliphatic heterocycles. The molecule has 0 aromatic heterocycles. The van der Waals surface area contributed by atoms with Crippen molar-refractivity contribution in [3.63, 3.8) is 0 Å². The molecule has 94 valence electrons. The Morgan fingerprint density at radius 1 is 1.35 bits per heavy atom. The minimum absolute atomic E-state index is 0.0306. The Bertz CT molecular complexity index is 362. The van der Waals surface area contributed by atoms with Gasteiger partial charge < -0.3 is 10.2 Å². The van der Waals surface area contributed by atoms with Crippen LogP contribution in [0.15, 0.2) is 24.3 Å². The average Bonchev–Trinajstić information content (AvgIpc) is 2.28. The van der Waals surface area contributed by atoms with Gasteiger partial charge in [-0.15, -0.1) is 0 Å². The summed E-state index contributed by atoms with van der Waals surface area (Å²) in [6.07, 6.45) is 0. The normalized spacial score (nSPS) is 10.6. The summed E-state index contributed by atoms with van der Waals surface area (Å²) < 4.78 is 12.7. The third-order valence-electron chi connectivity index (χ3n) is 2.42. The SMILES string of the molecule is CC(C)NCC(=O)N(C)Cc1ccc(F)cc1. The van der Waals surface area contributed by atoms with Gasteiger partial charge in [0.2, 0.25) is 5.91 Å². The molecule has 0 aliphatic rings. The lowest BCUT2D eigenvalue weighted by Gasteiger charge is -2.18. The van der Waals surface area contributed by atoms with Crippen molar-refractivity contribution in [3.05, 3.63) is 35.6 Å². The molecule has 0 spiro atoms. The molecular weight excluding hydrogens is 219 g/mol. The van der Waals surface area contributed by atoms with Gasteiger partial charge in [0.15, 0.2) is 0 Å². The summed E-state index contributed by atoms with van der Waals surface area (Å²) in [4.78, 5) is 13.3. The zero-order chi connectivity index (χ0) is 12.8. The molecule has 1 amide bonds. The van der Waals surface area contributed by atoms with E-state index >= 15 is 0 Å². The number of benzene rings is 1. The minimum Gasteiger partial charge on any atom is -0.340 e. The van der Waals surface area contributed by atoms with E-state index in [0.717, 1.165) is 5.56 Å². The second-order valence-corrected chi connectivity index (χ2v) is 4.41. The fourth-order valence-electron chi connectivity index (χ4n) is 1.38. The first-order chi connectivity index (χ1) is 7.99. The Hall–Kier alpha value is -1.42. The first kappa shape index (κ1) is 13.6. The molecular formula is C13H19FN2O. The standard InChI is InChI=1S/C13H19FN2O/c1-10(2)15-8-13(17)16(3)9-11-4-6-12(14)7-5-11/h4-7,10,15H,8-9H2,1-3H3. The van der Waals surface area contributed by atoms with Gasteiger partial charge in [0.1, 0.15) is 5.82 Å². The number of carbonyl (C=O) groups excluding carboxylic acids is 1. The molecule has 0 unspecified atom stereocenters. The van der Waals surface area contributed by atoms with Crippen molar-refractivity contribution in [1.29, 1.82) is 0 Å². The van der Waals surface area contributed by atoms with Crippen LogP contribution >= 0.6 is 0 Å². The number of nitrogens with one attached hydrogen (secondary N) is 1. The van der Waals surface area contributed by atoms with Gasteiger partial charge in [-0.05, 0) is 17.7 Å². The predicted octanol–water partition coefficient (Wildman–Crippen LogP) is 1.78. The Kier molecular flexibility index (Phi) is 5.10. The molecule has 17 heavy (non-hydrogen) atoms. The van der Waals surface area contributed by atoms with Crippen LogP contribution in [0.1, 0.15) is 19.4 Å². The molecule has 1 aromatic rings. The molecule has 0 bridgehead atoms. The van der Waals surface area contributed by atoms with Crippen LogP contribution in [-0.4, -0.2) is 30.4 Å². The van der Waals surface area contributed by atoms with Gasteiger partial charge in [-0.2, -0.15) is 0 Å². The second-order valence-electron chi connectivity index (χ2n) is 4.41. The summed E-state index contributed by atoms with van der Waals surface area (Å²) in [5.41, 5.74) is 0.923. The van der Waals surface area contributed by atoms with Crippen LogP contribution in [0.2, 0.25) is 0 Å². The lowest BCUT2D eigenvalue weighted by Crippen LogP contribution is -2.37. The number of carbonyl (C=O) groups is 1. The van der Waals surface area contributed by atoms with E-state index in [1.165, 1.54) is 12.1 Å². The van der Waals surface area contributed by atoms with Gasteiger partial charge in [0, 0.05) is 19.6 Å². The lowest BCUT2D eigenvalue weighted by atomic mass is 10.2. The van der Waals surface area contributed by atoms with Gasteiger partial charge in [-0.25, -0.2) is 4.39 Å². The summed E-state index contributed by atoms with van der Waals surface area (Å²) in [5.74, 6) is -0.229. The number of likely N-dealkylation sites (N-methyl/N-ethyl adjacent to an activating group) is 1. The first-order valence-electron chi connectivity index (χ1n) is 5.71. The second kappa shape index (κ2) is 6.35. The Morgan fingerprint density at radius 3 is 2.47 bits per heavy atom. The molecule has 0 saturated heterocycles. The monoisotopic (exact) mass is 238 g/mol. The van der Waals surface area contributed by atoms with Crippen molar-refractivity contribution >= 4 is 5.91 Å². The third kappa shape index (κ3) is 4.95. The van der Waals surface area contributed by atoms with E-state index < -0.39 is 0 Å². The maximum absolute atomic E-state index is 12.7. The number of amides is 1. The van der Waals surface area contributed by atoms with Gasteiger partial charge in [-0.3, -0.25) is 4.79 Å². The number of halogens is 1. The topological polar surface area (TPSA) is 32.3 Å². The van der Waals surface area contributed by atoms with E-state index in [4.69, 9.17) is 0 Å². The van der Waals surface area contributed by atoms with Crippen LogP contribution in [0.25, 0.3) is 0 Å². The molecule has 3 nitrogen and oxygen atoms in total. The van der Waals surface area contributed by atoms with Gasteiger partial charge in [0.05, 0.1) is 6.54 Å². The summed E-state index contributed by atoms with van der Waals surface area (Å²) in [5, 5.41) is 3.07. The Balaban J connectivity index is 2.45. The Morgan fingerprint density at radius 2 is 1.94 bits per heavy atom. The molecule has 0 radical (unpaired) electrons. The van der Waals surface area contributed by atoms with Crippen LogP contribution in [0.3, 0.4) is 0 Å². The largest absolute Gasteiger partial charge is 0.340 e. The van der Waals surface area contributed by atoms with E-state index in [9.17, 15) is 9.18 Å². The van der Waals surface area contributed by atoms with E-state index in [2.05, 4.69) is 5.32 Å². The number of hydrogen-bond acceptors (Lipinski definition) is 2. The highest BCUT2D eigenvalue weighted by atomic mass is 19.1. The summed E-state index contributed by atoms with van der Waals surface area (Å²) in [7, 11) is 1.74. The summed E-state index contributed by atoms with van der Waals surface area (Å²) in [6, 6.07) is 6.47. The van der Waals surface area contributed by atoms with Crippen molar-refractivity contribution in [2.75, 3.05) is 13.6 Å². The minimum atomic E-state index is -0.260. The predicted molar refractivity (Wildman–Crippen MR) is 66.0 cm³/mol. The fourth-order valence-corrected chi connectivity index (χ4v) is 1.38. The first-order valence-corrected chi connectivity index (χ1v) is 5.71. The molecule has 1 rings (SSSR count). The average molecular weight is 238 g/mol. The summed E-state index contributed by atoms with van der Waals surface area (Å²) >= 11 is 0. The molecule has 1 N–H and O–H groups in total. The van der Waals surface area contributed by atoms with Crippen LogP contribution in [0.4, 0.5) is 4.39 Å². The maximum atomic E-state index is 12.7. The highest BCUT2D eigenvalue weighted by molar-refractivity contribution is 5.77. The molecule has 0 heterocycles.